The van der Waals surface area contributed by atoms with Gasteiger partial charge in [-0.25, -0.2) is 4.68 Å². The molecule has 0 unspecified atom stereocenters. The number of para-hydroxylation sites is 2. The van der Waals surface area contributed by atoms with E-state index in [9.17, 15) is 23.7 Å². The Balaban J connectivity index is 1.60. The van der Waals surface area contributed by atoms with Gasteiger partial charge in [-0.2, -0.15) is 28.8 Å². The lowest BCUT2D eigenvalue weighted by molar-refractivity contribution is -0.137. The third-order valence-electron chi connectivity index (χ3n) is 6.14. The van der Waals surface area contributed by atoms with Crippen molar-refractivity contribution in [3.8, 4) is 17.8 Å². The van der Waals surface area contributed by atoms with Gasteiger partial charge in [0.05, 0.1) is 16.8 Å². The Labute approximate surface area is 215 Å². The second-order valence-corrected chi connectivity index (χ2v) is 8.57. The maximum atomic E-state index is 13.2. The molecule has 3 aromatic carbocycles. The van der Waals surface area contributed by atoms with Crippen molar-refractivity contribution in [1.29, 1.82) is 10.5 Å². The first-order valence-electron chi connectivity index (χ1n) is 11.5. The van der Waals surface area contributed by atoms with Gasteiger partial charge < -0.3 is 10.3 Å². The lowest BCUT2D eigenvalue weighted by Gasteiger charge is -2.10. The van der Waals surface area contributed by atoms with Gasteiger partial charge in [-0.15, -0.1) is 0 Å². The van der Waals surface area contributed by atoms with E-state index in [4.69, 9.17) is 5.73 Å². The van der Waals surface area contributed by atoms with E-state index < -0.39 is 11.7 Å². The van der Waals surface area contributed by atoms with Gasteiger partial charge in [-0.3, -0.25) is 0 Å². The topological polar surface area (TPSA) is 96.3 Å². The van der Waals surface area contributed by atoms with Gasteiger partial charge in [0.1, 0.15) is 29.2 Å². The maximum absolute atomic E-state index is 13.2. The molecule has 0 saturated carbocycles. The Morgan fingerprint density at radius 3 is 2.42 bits per heavy atom. The van der Waals surface area contributed by atoms with Gasteiger partial charge in [0.25, 0.3) is 0 Å². The lowest BCUT2D eigenvalue weighted by atomic mass is 10.1. The molecule has 0 aliphatic carbocycles. The van der Waals surface area contributed by atoms with Gasteiger partial charge in [-0.1, -0.05) is 48.5 Å². The molecular formula is C29H19F3N6. The van der Waals surface area contributed by atoms with Crippen molar-refractivity contribution in [1.82, 2.24) is 14.3 Å². The van der Waals surface area contributed by atoms with Crippen LogP contribution in [0.2, 0.25) is 0 Å². The molecule has 0 atom stereocenters. The molecule has 0 aliphatic rings. The number of nitrogens with zero attached hydrogens (tertiary/aromatic N) is 5. The number of aromatic nitrogens is 3. The van der Waals surface area contributed by atoms with Crippen LogP contribution < -0.4 is 5.73 Å². The van der Waals surface area contributed by atoms with E-state index in [0.29, 0.717) is 16.8 Å². The number of allylic oxidation sites excluding steroid dienone is 1. The van der Waals surface area contributed by atoms with Gasteiger partial charge in [-0.05, 0) is 42.0 Å². The first kappa shape index (κ1) is 24.4. The number of nitrogen functional groups attached to an aromatic ring is 1. The van der Waals surface area contributed by atoms with Crippen molar-refractivity contribution < 1.29 is 13.2 Å². The third-order valence-corrected chi connectivity index (χ3v) is 6.14. The van der Waals surface area contributed by atoms with Gasteiger partial charge in [0, 0.05) is 29.2 Å². The fourth-order valence-corrected chi connectivity index (χ4v) is 4.37. The minimum absolute atomic E-state index is 0.0781. The van der Waals surface area contributed by atoms with Crippen molar-refractivity contribution in [2.45, 2.75) is 12.7 Å². The Kier molecular flexibility index (Phi) is 6.20. The molecule has 9 heteroatoms. The van der Waals surface area contributed by atoms with E-state index in [0.717, 1.165) is 23.0 Å². The van der Waals surface area contributed by atoms with Crippen molar-refractivity contribution in [2.24, 2.45) is 0 Å². The summed E-state index contributed by atoms with van der Waals surface area (Å²) in [6, 6.07) is 25.8. The number of benzene rings is 3. The third kappa shape index (κ3) is 4.49. The van der Waals surface area contributed by atoms with E-state index in [-0.39, 0.29) is 29.2 Å². The van der Waals surface area contributed by atoms with Crippen LogP contribution in [0.4, 0.5) is 19.0 Å². The summed E-state index contributed by atoms with van der Waals surface area (Å²) in [7, 11) is 0. The molecule has 5 rings (SSSR count). The fraction of sp³-hybridized carbons (Fsp3) is 0.0690. The smallest absolute Gasteiger partial charge is 0.382 e. The van der Waals surface area contributed by atoms with Crippen molar-refractivity contribution in [3.05, 3.63) is 113 Å². The van der Waals surface area contributed by atoms with Gasteiger partial charge >= 0.3 is 6.18 Å². The second kappa shape index (κ2) is 9.64. The maximum Gasteiger partial charge on any atom is 0.416 e. The van der Waals surface area contributed by atoms with Crippen LogP contribution in [0.3, 0.4) is 0 Å². The fourth-order valence-electron chi connectivity index (χ4n) is 4.37. The standard InChI is InChI=1S/C29H19F3N6/c30-29(31,32)22-8-6-7-19(13-22)17-37-18-21(24-11-4-5-12-26(24)37)14-20(15-33)27-25(16-34)28(35)38(36-27)23-9-2-1-3-10-23/h1-14,18H,17,35H2. The summed E-state index contributed by atoms with van der Waals surface area (Å²) in [5.74, 6) is 0.113. The molecule has 38 heavy (non-hydrogen) atoms. The van der Waals surface area contributed by atoms with E-state index in [1.165, 1.54) is 10.7 Å². The molecule has 0 aliphatic heterocycles. The molecule has 2 aromatic heterocycles. The number of alkyl halides is 3. The SMILES string of the molecule is N#CC(=Cc1cn(Cc2cccc(C(F)(F)F)c2)c2ccccc12)c1nn(-c2ccccc2)c(N)c1C#N. The van der Waals surface area contributed by atoms with E-state index >= 15 is 0 Å². The van der Waals surface area contributed by atoms with E-state index in [1.54, 1.807) is 30.5 Å². The summed E-state index contributed by atoms with van der Waals surface area (Å²) in [5.41, 5.74) is 8.41. The van der Waals surface area contributed by atoms with Crippen LogP contribution in [0.5, 0.6) is 0 Å². The number of hydrogen-bond donors (Lipinski definition) is 1. The average molecular weight is 509 g/mol. The summed E-state index contributed by atoms with van der Waals surface area (Å²) in [6.07, 6.45) is -1.05. The predicted octanol–water partition coefficient (Wildman–Crippen LogP) is 6.41. The summed E-state index contributed by atoms with van der Waals surface area (Å²) in [4.78, 5) is 0. The highest BCUT2D eigenvalue weighted by Gasteiger charge is 2.30. The molecule has 0 fully saturated rings. The zero-order valence-corrected chi connectivity index (χ0v) is 19.8. The molecule has 0 spiro atoms. The number of nitrogens with two attached hydrogens (primary N) is 1. The summed E-state index contributed by atoms with van der Waals surface area (Å²) in [5, 5.41) is 25.1. The highest BCUT2D eigenvalue weighted by molar-refractivity contribution is 5.98. The summed E-state index contributed by atoms with van der Waals surface area (Å²) in [6.45, 7) is 0.194. The molecule has 5 aromatic rings. The number of anilines is 1. The van der Waals surface area contributed by atoms with Crippen LogP contribution in [0, 0.1) is 22.7 Å². The quantitative estimate of drug-likeness (QED) is 0.277. The van der Waals surface area contributed by atoms with Crippen LogP contribution >= 0.6 is 0 Å². The zero-order valence-electron chi connectivity index (χ0n) is 19.8. The number of halogens is 3. The van der Waals surface area contributed by atoms with Gasteiger partial charge in [0.15, 0.2) is 0 Å². The number of nitriles is 2. The summed E-state index contributed by atoms with van der Waals surface area (Å²) < 4.78 is 42.9. The van der Waals surface area contributed by atoms with Crippen LogP contribution in [0.1, 0.15) is 27.9 Å². The molecule has 0 radical (unpaired) electrons. The normalized spacial score (nSPS) is 11.9. The monoisotopic (exact) mass is 508 g/mol. The van der Waals surface area contributed by atoms with Crippen molar-refractivity contribution in [2.75, 3.05) is 5.73 Å². The van der Waals surface area contributed by atoms with Crippen LogP contribution in [0.15, 0.2) is 85.1 Å². The van der Waals surface area contributed by atoms with E-state index in [2.05, 4.69) is 11.2 Å². The Bertz CT molecular complexity index is 1760. The molecule has 0 bridgehead atoms. The molecule has 186 valence electrons. The zero-order chi connectivity index (χ0) is 26.9. The Hall–Kier alpha value is -5.28. The number of rotatable bonds is 5. The highest BCUT2D eigenvalue weighted by atomic mass is 19.4. The largest absolute Gasteiger partial charge is 0.416 e. The Morgan fingerprint density at radius 2 is 1.71 bits per heavy atom. The predicted molar refractivity (Wildman–Crippen MR) is 139 cm³/mol. The van der Waals surface area contributed by atoms with Crippen molar-refractivity contribution in [3.63, 3.8) is 0 Å². The van der Waals surface area contributed by atoms with Crippen LogP contribution in [0.25, 0.3) is 28.2 Å². The molecular weight excluding hydrogens is 489 g/mol. The minimum Gasteiger partial charge on any atom is -0.382 e. The number of hydrogen-bond acceptors (Lipinski definition) is 4. The first-order valence-corrected chi connectivity index (χ1v) is 11.5. The molecule has 0 amide bonds. The molecule has 0 saturated heterocycles. The molecule has 2 N–H and O–H groups in total. The van der Waals surface area contributed by atoms with Crippen LogP contribution in [-0.2, 0) is 12.7 Å². The lowest BCUT2D eigenvalue weighted by Crippen LogP contribution is -2.06. The van der Waals surface area contributed by atoms with Crippen LogP contribution in [-0.4, -0.2) is 14.3 Å². The van der Waals surface area contributed by atoms with Crippen molar-refractivity contribution >= 4 is 28.4 Å². The number of fused-ring (bicyclic) bond motifs is 1. The second-order valence-electron chi connectivity index (χ2n) is 8.57. The minimum atomic E-state index is -4.44. The highest BCUT2D eigenvalue weighted by Crippen LogP contribution is 2.32. The Morgan fingerprint density at radius 1 is 0.974 bits per heavy atom. The summed E-state index contributed by atoms with van der Waals surface area (Å²) >= 11 is 0. The molecule has 2 heterocycles. The average Bonchev–Trinajstić information content (AvgIpc) is 3.44. The van der Waals surface area contributed by atoms with E-state index in [1.807, 2.05) is 53.1 Å². The molecule has 6 nitrogen and oxygen atoms in total. The first-order chi connectivity index (χ1) is 18.3. The van der Waals surface area contributed by atoms with Gasteiger partial charge in [0.2, 0.25) is 0 Å².